The van der Waals surface area contributed by atoms with Gasteiger partial charge in [-0.15, -0.1) is 11.3 Å². The fourth-order valence-electron chi connectivity index (χ4n) is 4.34. The van der Waals surface area contributed by atoms with Gasteiger partial charge in [-0.1, -0.05) is 0 Å². The first-order valence-electron chi connectivity index (χ1n) is 9.62. The van der Waals surface area contributed by atoms with E-state index in [2.05, 4.69) is 4.90 Å². The molecule has 0 radical (unpaired) electrons. The van der Waals surface area contributed by atoms with Gasteiger partial charge in [0, 0.05) is 26.2 Å². The summed E-state index contributed by atoms with van der Waals surface area (Å²) in [6, 6.07) is 1.82. The first-order valence-corrected chi connectivity index (χ1v) is 10.5. The number of hydrogen-bond acceptors (Lipinski definition) is 4. The van der Waals surface area contributed by atoms with E-state index in [1.165, 1.54) is 24.2 Å². The largest absolute Gasteiger partial charge is 0.342 e. The van der Waals surface area contributed by atoms with Gasteiger partial charge in [0.25, 0.3) is 0 Å². The predicted octanol–water partition coefficient (Wildman–Crippen LogP) is 2.74. The van der Waals surface area contributed by atoms with Gasteiger partial charge >= 0.3 is 0 Å². The van der Waals surface area contributed by atoms with Crippen LogP contribution in [0.2, 0.25) is 0 Å². The summed E-state index contributed by atoms with van der Waals surface area (Å²) in [6.45, 7) is 4.58. The van der Waals surface area contributed by atoms with Gasteiger partial charge in [0.15, 0.2) is 5.78 Å². The number of hydrogen-bond donors (Lipinski definition) is 0. The number of amides is 2. The number of rotatable bonds is 5. The predicted molar refractivity (Wildman–Crippen MR) is 100 cm³/mol. The van der Waals surface area contributed by atoms with Crippen LogP contribution in [-0.2, 0) is 16.0 Å². The van der Waals surface area contributed by atoms with E-state index in [4.69, 9.17) is 0 Å². The molecule has 1 atom stereocenters. The molecule has 0 N–H and O–H groups in total. The second-order valence-electron chi connectivity index (χ2n) is 8.20. The summed E-state index contributed by atoms with van der Waals surface area (Å²) in [7, 11) is 0. The standard InChI is InChI=1S/C20H26N2O3S/c1-14(23)17-9-16(12-26-17)10-18(24)22-8-6-20(13-22)5-2-7-21(19(20)25)11-15-3-4-15/h9,12,15H,2-8,10-11,13H2,1H3. The molecular formula is C20H26N2O3S. The average molecular weight is 375 g/mol. The first kappa shape index (κ1) is 17.7. The highest BCUT2D eigenvalue weighted by Gasteiger charge is 2.49. The zero-order valence-corrected chi connectivity index (χ0v) is 16.1. The highest BCUT2D eigenvalue weighted by Crippen LogP contribution is 2.41. The second kappa shape index (κ2) is 6.80. The maximum Gasteiger partial charge on any atom is 0.230 e. The van der Waals surface area contributed by atoms with Crippen LogP contribution < -0.4 is 0 Å². The van der Waals surface area contributed by atoms with Gasteiger partial charge < -0.3 is 9.80 Å². The molecule has 1 aromatic heterocycles. The lowest BCUT2D eigenvalue weighted by Gasteiger charge is -2.39. The zero-order valence-electron chi connectivity index (χ0n) is 15.3. The fourth-order valence-corrected chi connectivity index (χ4v) is 5.16. The highest BCUT2D eigenvalue weighted by molar-refractivity contribution is 7.12. The second-order valence-corrected chi connectivity index (χ2v) is 9.11. The first-order chi connectivity index (χ1) is 12.5. The summed E-state index contributed by atoms with van der Waals surface area (Å²) in [6.07, 6.45) is 5.58. The van der Waals surface area contributed by atoms with Crippen LogP contribution in [0, 0.1) is 11.3 Å². The summed E-state index contributed by atoms with van der Waals surface area (Å²) in [5, 5.41) is 1.89. The Morgan fingerprint density at radius 1 is 1.27 bits per heavy atom. The Labute approximate surface area is 158 Å². The van der Waals surface area contributed by atoms with E-state index in [-0.39, 0.29) is 23.0 Å². The molecule has 4 rings (SSSR count). The summed E-state index contributed by atoms with van der Waals surface area (Å²) >= 11 is 1.39. The van der Waals surface area contributed by atoms with E-state index in [0.29, 0.717) is 30.3 Å². The number of likely N-dealkylation sites (tertiary alicyclic amines) is 2. The van der Waals surface area contributed by atoms with Crippen molar-refractivity contribution in [3.63, 3.8) is 0 Å². The van der Waals surface area contributed by atoms with E-state index in [1.807, 2.05) is 16.3 Å². The molecule has 2 amide bonds. The van der Waals surface area contributed by atoms with Crippen molar-refractivity contribution in [2.75, 3.05) is 26.2 Å². The monoisotopic (exact) mass is 374 g/mol. The minimum absolute atomic E-state index is 0.0392. The Bertz CT molecular complexity index is 739. The van der Waals surface area contributed by atoms with Crippen LogP contribution in [0.1, 0.15) is 54.3 Å². The quantitative estimate of drug-likeness (QED) is 0.745. The van der Waals surface area contributed by atoms with Gasteiger partial charge in [-0.3, -0.25) is 14.4 Å². The number of thiophene rings is 1. The summed E-state index contributed by atoms with van der Waals surface area (Å²) in [4.78, 5) is 41.8. The van der Waals surface area contributed by atoms with Crippen molar-refractivity contribution >= 4 is 28.9 Å². The van der Waals surface area contributed by atoms with E-state index in [1.54, 1.807) is 6.92 Å². The number of carbonyl (C=O) groups excluding carboxylic acids is 3. The van der Waals surface area contributed by atoms with Gasteiger partial charge in [0.05, 0.1) is 16.7 Å². The lowest BCUT2D eigenvalue weighted by Crippen LogP contribution is -2.51. The number of carbonyl (C=O) groups is 3. The number of Topliss-reactive ketones (excluding diaryl/α,β-unsaturated/α-hetero) is 1. The Hall–Kier alpha value is -1.69. The third-order valence-electron chi connectivity index (χ3n) is 6.06. The zero-order chi connectivity index (χ0) is 18.3. The normalized spacial score (nSPS) is 26.0. The average Bonchev–Trinajstić information content (AvgIpc) is 3.13. The maximum absolute atomic E-state index is 13.1. The third-order valence-corrected chi connectivity index (χ3v) is 7.14. The number of ketones is 1. The van der Waals surface area contributed by atoms with E-state index in [9.17, 15) is 14.4 Å². The molecule has 1 spiro atoms. The Kier molecular flexibility index (Phi) is 4.63. The molecule has 3 aliphatic rings. The number of nitrogens with zero attached hydrogens (tertiary/aromatic N) is 2. The highest BCUT2D eigenvalue weighted by atomic mass is 32.1. The van der Waals surface area contributed by atoms with Gasteiger partial charge in [-0.2, -0.15) is 0 Å². The molecule has 1 saturated carbocycles. The molecule has 3 fully saturated rings. The van der Waals surface area contributed by atoms with Gasteiger partial charge in [0.2, 0.25) is 11.8 Å². The van der Waals surface area contributed by atoms with Crippen LogP contribution in [-0.4, -0.2) is 53.6 Å². The maximum atomic E-state index is 13.1. The van der Waals surface area contributed by atoms with Crippen molar-refractivity contribution in [2.24, 2.45) is 11.3 Å². The van der Waals surface area contributed by atoms with Gasteiger partial charge in [-0.05, 0) is 62.0 Å². The van der Waals surface area contributed by atoms with Crippen molar-refractivity contribution in [3.05, 3.63) is 21.9 Å². The molecule has 26 heavy (non-hydrogen) atoms. The fraction of sp³-hybridized carbons (Fsp3) is 0.650. The van der Waals surface area contributed by atoms with Crippen molar-refractivity contribution in [2.45, 2.75) is 45.4 Å². The number of piperidine rings is 1. The van der Waals surface area contributed by atoms with E-state index < -0.39 is 0 Å². The molecule has 5 nitrogen and oxygen atoms in total. The molecule has 1 unspecified atom stereocenters. The molecule has 3 heterocycles. The van der Waals surface area contributed by atoms with Crippen LogP contribution in [0.4, 0.5) is 0 Å². The molecule has 0 aromatic carbocycles. The minimum Gasteiger partial charge on any atom is -0.342 e. The van der Waals surface area contributed by atoms with Crippen molar-refractivity contribution in [1.82, 2.24) is 9.80 Å². The molecule has 2 saturated heterocycles. The Morgan fingerprint density at radius 3 is 2.77 bits per heavy atom. The molecule has 1 aliphatic carbocycles. The van der Waals surface area contributed by atoms with Gasteiger partial charge in [-0.25, -0.2) is 0 Å². The van der Waals surface area contributed by atoms with E-state index >= 15 is 0 Å². The minimum atomic E-state index is -0.345. The molecule has 6 heteroatoms. The van der Waals surface area contributed by atoms with Crippen molar-refractivity contribution < 1.29 is 14.4 Å². The van der Waals surface area contributed by atoms with Crippen LogP contribution in [0.3, 0.4) is 0 Å². The lowest BCUT2D eigenvalue weighted by molar-refractivity contribution is -0.146. The van der Waals surface area contributed by atoms with Crippen molar-refractivity contribution in [3.8, 4) is 0 Å². The summed E-state index contributed by atoms with van der Waals surface area (Å²) in [5.74, 6) is 1.10. The summed E-state index contributed by atoms with van der Waals surface area (Å²) < 4.78 is 0. The molecule has 140 valence electrons. The van der Waals surface area contributed by atoms with Crippen LogP contribution in [0.25, 0.3) is 0 Å². The molecule has 0 bridgehead atoms. The Balaban J connectivity index is 1.39. The Morgan fingerprint density at radius 2 is 2.08 bits per heavy atom. The molecular weight excluding hydrogens is 348 g/mol. The van der Waals surface area contributed by atoms with Gasteiger partial charge in [0.1, 0.15) is 0 Å². The molecule has 1 aromatic rings. The smallest absolute Gasteiger partial charge is 0.230 e. The SMILES string of the molecule is CC(=O)c1cc(CC(=O)N2CCC3(CCCN(CC4CC4)C3=O)C2)cs1. The van der Waals surface area contributed by atoms with Crippen LogP contribution in [0.5, 0.6) is 0 Å². The lowest BCUT2D eigenvalue weighted by atomic mass is 9.78. The van der Waals surface area contributed by atoms with Crippen LogP contribution >= 0.6 is 11.3 Å². The van der Waals surface area contributed by atoms with E-state index in [0.717, 1.165) is 37.9 Å². The summed E-state index contributed by atoms with van der Waals surface area (Å²) in [5.41, 5.74) is 0.554. The third kappa shape index (κ3) is 3.43. The molecule has 2 aliphatic heterocycles. The van der Waals surface area contributed by atoms with Crippen molar-refractivity contribution in [1.29, 1.82) is 0 Å². The topological polar surface area (TPSA) is 57.7 Å². The van der Waals surface area contributed by atoms with Crippen LogP contribution in [0.15, 0.2) is 11.4 Å².